The quantitative estimate of drug-likeness (QED) is 0.0681. The van der Waals surface area contributed by atoms with E-state index in [9.17, 15) is 50.8 Å². The van der Waals surface area contributed by atoms with Crippen LogP contribution in [0, 0.1) is 42.4 Å². The third-order valence-electron chi connectivity index (χ3n) is 10.1. The van der Waals surface area contributed by atoms with Gasteiger partial charge in [0.25, 0.3) is 17.9 Å². The highest BCUT2D eigenvalue weighted by atomic mass is 19.4. The molecule has 16 heteroatoms. The molecule has 1 N–H and O–H groups in total. The van der Waals surface area contributed by atoms with E-state index in [1.54, 1.807) is 74.5 Å². The summed E-state index contributed by atoms with van der Waals surface area (Å²) in [4.78, 5) is 50.2. The van der Waals surface area contributed by atoms with E-state index in [0.717, 1.165) is 23.6 Å². The van der Waals surface area contributed by atoms with Crippen LogP contribution >= 0.6 is 0 Å². The van der Waals surface area contributed by atoms with Crippen LogP contribution in [0.5, 0.6) is 11.5 Å². The number of rotatable bonds is 11. The molecule has 1 saturated carbocycles. The molecule has 5 rings (SSSR count). The maximum Gasteiger partial charge on any atom is 0.434 e. The van der Waals surface area contributed by atoms with Crippen molar-refractivity contribution < 1.29 is 59.7 Å². The van der Waals surface area contributed by atoms with Gasteiger partial charge in [0.1, 0.15) is 17.6 Å². The Hall–Kier alpha value is -6.63. The number of ether oxygens (including phenoxy) is 3. The Morgan fingerprint density at radius 1 is 0.797 bits per heavy atom. The summed E-state index contributed by atoms with van der Waals surface area (Å²) in [5.74, 6) is -3.96. The molecule has 0 saturated heterocycles. The number of hydrazine groups is 1. The molecule has 1 aliphatic rings. The van der Waals surface area contributed by atoms with Gasteiger partial charge in [-0.1, -0.05) is 86.5 Å². The summed E-state index contributed by atoms with van der Waals surface area (Å²) in [6.45, 7) is 14.8. The van der Waals surface area contributed by atoms with E-state index in [2.05, 4.69) is 17.1 Å². The molecule has 0 aromatic heterocycles. The van der Waals surface area contributed by atoms with E-state index in [0.29, 0.717) is 34.3 Å². The number of para-hydroxylation sites is 1. The average Bonchev–Trinajstić information content (AvgIpc) is 3.78. The molecule has 0 aliphatic heterocycles. The molecule has 3 atom stereocenters. The normalized spacial score (nSPS) is 16.1. The number of alkyl halides is 6. The number of esters is 2. The number of carbonyl (C=O) groups is 4. The van der Waals surface area contributed by atoms with Crippen LogP contribution in [0.25, 0.3) is 0 Å². The number of hydrogen-bond donors (Lipinski definition) is 1. The smallest absolute Gasteiger partial charge is 0.434 e. The summed E-state index contributed by atoms with van der Waals surface area (Å²) >= 11 is 0. The number of hydrogen-bond acceptors (Lipinski definition) is 8. The van der Waals surface area contributed by atoms with Crippen molar-refractivity contribution in [3.05, 3.63) is 143 Å². The van der Waals surface area contributed by atoms with Crippen molar-refractivity contribution in [2.24, 2.45) is 17.3 Å². The van der Waals surface area contributed by atoms with Crippen molar-refractivity contribution >= 4 is 23.8 Å². The highest BCUT2D eigenvalue weighted by Gasteiger charge is 2.62. The van der Waals surface area contributed by atoms with Crippen molar-refractivity contribution in [3.63, 3.8) is 0 Å². The summed E-state index contributed by atoms with van der Waals surface area (Å²) in [5, 5.41) is 11.0. The van der Waals surface area contributed by atoms with Gasteiger partial charge in [0.05, 0.1) is 11.5 Å². The number of aryl methyl sites for hydroxylation is 3. The lowest BCUT2D eigenvalue weighted by atomic mass is 10.0. The van der Waals surface area contributed by atoms with E-state index in [1.165, 1.54) is 16.6 Å². The predicted octanol–water partition coefficient (Wildman–Crippen LogP) is 10.9. The molecule has 64 heavy (non-hydrogen) atoms. The Kier molecular flexibility index (Phi) is 15.8. The van der Waals surface area contributed by atoms with Crippen molar-refractivity contribution in [3.8, 4) is 17.6 Å². The average molecular weight is 894 g/mol. The van der Waals surface area contributed by atoms with Crippen LogP contribution in [0.15, 0.2) is 109 Å². The molecule has 0 radical (unpaired) electrons. The minimum Gasteiger partial charge on any atom is -0.457 e. The number of halogens is 6. The molecular formula is C48H49F6N3O7. The third-order valence-corrected chi connectivity index (χ3v) is 10.1. The number of allylic oxidation sites excluding steroid dienone is 1. The number of carbonyl (C=O) groups excluding carboxylic acids is 4. The zero-order valence-corrected chi connectivity index (χ0v) is 36.4. The summed E-state index contributed by atoms with van der Waals surface area (Å²) in [5.41, 5.74) is 6.00. The van der Waals surface area contributed by atoms with Gasteiger partial charge in [0, 0.05) is 22.8 Å². The Labute approximate surface area is 367 Å². The van der Waals surface area contributed by atoms with Crippen molar-refractivity contribution in [1.29, 1.82) is 5.26 Å². The second kappa shape index (κ2) is 20.3. The van der Waals surface area contributed by atoms with Crippen molar-refractivity contribution in [1.82, 2.24) is 10.4 Å². The van der Waals surface area contributed by atoms with Crippen molar-refractivity contribution in [2.75, 3.05) is 0 Å². The summed E-state index contributed by atoms with van der Waals surface area (Å²) in [6, 6.07) is 30.1. The molecule has 1 aliphatic carbocycles. The molecule has 0 bridgehead atoms. The summed E-state index contributed by atoms with van der Waals surface area (Å²) in [7, 11) is 0. The molecule has 3 unspecified atom stereocenters. The standard InChI is InChI=1S/C26H21F6NO5.C22H28N2O2/c1-24(2)18(11-12-20(34)38-23(25(27,28)29)26(30,31)32)21(24)22(35)37-19(14-33)15-7-6-10-17(13-15)36-16-8-4-3-5-9-16;1-7-17-8-10-18(11-9-17)20(25)23-24(22(4,5)6)21(26)19-13-15(2)12-16(3)14-19/h3-13,18-19,21,23H,1-2H3;8-14H,7H2,1-6H3,(H,23,25)/b12-11-;. The molecule has 340 valence electrons. The summed E-state index contributed by atoms with van der Waals surface area (Å²) < 4.78 is 90.2. The monoisotopic (exact) mass is 893 g/mol. The number of nitriles is 1. The van der Waals surface area contributed by atoms with Gasteiger partial charge in [0.15, 0.2) is 0 Å². The lowest BCUT2D eigenvalue weighted by molar-refractivity contribution is -0.312. The lowest BCUT2D eigenvalue weighted by Gasteiger charge is -2.35. The first-order chi connectivity index (χ1) is 29.8. The largest absolute Gasteiger partial charge is 0.457 e. The predicted molar refractivity (Wildman–Crippen MR) is 224 cm³/mol. The minimum atomic E-state index is -5.84. The van der Waals surface area contributed by atoms with Crippen LogP contribution in [0.4, 0.5) is 26.3 Å². The maximum absolute atomic E-state index is 13.1. The Bertz CT molecular complexity index is 2330. The van der Waals surface area contributed by atoms with E-state index >= 15 is 0 Å². The highest BCUT2D eigenvalue weighted by molar-refractivity contribution is 5.99. The third kappa shape index (κ3) is 13.4. The van der Waals surface area contributed by atoms with Crippen LogP contribution in [-0.2, 0) is 25.5 Å². The lowest BCUT2D eigenvalue weighted by Crippen LogP contribution is -2.55. The fourth-order valence-electron chi connectivity index (χ4n) is 6.68. The Morgan fingerprint density at radius 2 is 1.38 bits per heavy atom. The van der Waals surface area contributed by atoms with Crippen LogP contribution in [0.2, 0.25) is 0 Å². The number of nitrogens with one attached hydrogen (secondary N) is 1. The SMILES string of the molecule is CC1(C)C(/C=C\C(=O)OC(C(F)(F)F)C(F)(F)F)C1C(=O)OC(C#N)c1cccc(Oc2ccccc2)c1.CCc1ccc(C(=O)NN(C(=O)c2cc(C)cc(C)c2)C(C)(C)C)cc1. The number of amides is 2. The molecule has 0 spiro atoms. The molecule has 4 aromatic carbocycles. The van der Waals surface area contributed by atoms with Gasteiger partial charge in [-0.15, -0.1) is 0 Å². The van der Waals surface area contributed by atoms with E-state index in [4.69, 9.17) is 9.47 Å². The Balaban J connectivity index is 0.000000301. The van der Waals surface area contributed by atoms with E-state index in [-0.39, 0.29) is 11.8 Å². The van der Waals surface area contributed by atoms with Gasteiger partial charge in [-0.3, -0.25) is 19.8 Å². The number of benzene rings is 4. The zero-order chi connectivity index (χ0) is 47.8. The van der Waals surface area contributed by atoms with Gasteiger partial charge in [-0.25, -0.2) is 9.80 Å². The first-order valence-electron chi connectivity index (χ1n) is 20.0. The van der Waals surface area contributed by atoms with Gasteiger partial charge < -0.3 is 14.2 Å². The van der Waals surface area contributed by atoms with E-state index in [1.807, 2.05) is 71.0 Å². The topological polar surface area (TPSA) is 135 Å². The highest BCUT2D eigenvalue weighted by Crippen LogP contribution is 2.60. The molecule has 1 fully saturated rings. The van der Waals surface area contributed by atoms with Crippen molar-refractivity contribution in [2.45, 2.75) is 91.9 Å². The molecule has 0 heterocycles. The molecule has 2 amide bonds. The minimum absolute atomic E-state index is 0.220. The number of nitrogens with zero attached hydrogens (tertiary/aromatic N) is 2. The van der Waals surface area contributed by atoms with Gasteiger partial charge in [-0.2, -0.15) is 31.6 Å². The fourth-order valence-corrected chi connectivity index (χ4v) is 6.68. The zero-order valence-electron chi connectivity index (χ0n) is 36.4. The first kappa shape index (κ1) is 50.0. The van der Waals surface area contributed by atoms with Crippen LogP contribution in [-0.4, -0.2) is 52.8 Å². The van der Waals surface area contributed by atoms with Crippen LogP contribution < -0.4 is 10.2 Å². The fraction of sp³-hybridized carbons (Fsp3) is 0.354. The summed E-state index contributed by atoms with van der Waals surface area (Å²) in [6.07, 6.45) is -15.0. The maximum atomic E-state index is 13.1. The van der Waals surface area contributed by atoms with E-state index < -0.39 is 59.3 Å². The second-order valence-electron chi connectivity index (χ2n) is 16.7. The van der Waals surface area contributed by atoms with Gasteiger partial charge in [-0.05, 0) is 106 Å². The van der Waals surface area contributed by atoms with Gasteiger partial charge in [0.2, 0.25) is 6.10 Å². The Morgan fingerprint density at radius 3 is 1.91 bits per heavy atom. The molecule has 4 aromatic rings. The second-order valence-corrected chi connectivity index (χ2v) is 16.7. The molecule has 10 nitrogen and oxygen atoms in total. The van der Waals surface area contributed by atoms with Gasteiger partial charge >= 0.3 is 24.3 Å². The van der Waals surface area contributed by atoms with Crippen LogP contribution in [0.3, 0.4) is 0 Å². The first-order valence-corrected chi connectivity index (χ1v) is 20.0. The van der Waals surface area contributed by atoms with Crippen LogP contribution in [0.1, 0.15) is 90.6 Å². The molecular weight excluding hydrogens is 845 g/mol.